The molecule has 4 rings (SSSR count). The van der Waals surface area contributed by atoms with E-state index in [1.807, 2.05) is 37.3 Å². The highest BCUT2D eigenvalue weighted by Crippen LogP contribution is 2.35. The van der Waals surface area contributed by atoms with Gasteiger partial charge in [0.05, 0.1) is 11.3 Å². The molecule has 0 saturated heterocycles. The molecule has 0 unspecified atom stereocenters. The maximum Gasteiger partial charge on any atom is 0.416 e. The summed E-state index contributed by atoms with van der Waals surface area (Å²) >= 11 is 1.19. The Morgan fingerprint density at radius 2 is 1.81 bits per heavy atom. The molecule has 0 atom stereocenters. The first-order valence-corrected chi connectivity index (χ1v) is 10.3. The number of aliphatic hydroxyl groups excluding tert-OH is 1. The highest BCUT2D eigenvalue weighted by atomic mass is 32.1. The zero-order valence-electron chi connectivity index (χ0n) is 16.6. The lowest BCUT2D eigenvalue weighted by atomic mass is 10.1. The molecule has 0 spiro atoms. The molecule has 0 aliphatic heterocycles. The first-order valence-electron chi connectivity index (χ1n) is 9.40. The fraction of sp³-hybridized carbons (Fsp3) is 0.0833. The Morgan fingerprint density at radius 3 is 2.50 bits per heavy atom. The van der Waals surface area contributed by atoms with E-state index in [1.54, 1.807) is 5.38 Å². The van der Waals surface area contributed by atoms with Gasteiger partial charge in [-0.1, -0.05) is 42.0 Å². The second-order valence-electron chi connectivity index (χ2n) is 6.98. The monoisotopic (exact) mass is 452 g/mol. The van der Waals surface area contributed by atoms with E-state index in [-0.39, 0.29) is 22.7 Å². The number of thiazole rings is 1. The summed E-state index contributed by atoms with van der Waals surface area (Å²) in [7, 11) is 0. The number of nitrogens with zero attached hydrogens (tertiary/aromatic N) is 2. The summed E-state index contributed by atoms with van der Waals surface area (Å²) in [5.41, 5.74) is 1.95. The van der Waals surface area contributed by atoms with E-state index in [0.717, 1.165) is 23.3 Å². The van der Waals surface area contributed by atoms with Gasteiger partial charge in [-0.05, 0) is 31.2 Å². The zero-order chi connectivity index (χ0) is 22.9. The highest BCUT2D eigenvalue weighted by molar-refractivity contribution is 7.11. The summed E-state index contributed by atoms with van der Waals surface area (Å²) in [6.07, 6.45) is -4.48. The van der Waals surface area contributed by atoms with Gasteiger partial charge in [0.1, 0.15) is 22.4 Å². The third-order valence-electron chi connectivity index (χ3n) is 4.73. The van der Waals surface area contributed by atoms with Gasteiger partial charge in [-0.3, -0.25) is 0 Å². The van der Waals surface area contributed by atoms with Crippen LogP contribution < -0.4 is 0 Å². The van der Waals surface area contributed by atoms with Crippen LogP contribution in [0.25, 0.3) is 33.9 Å². The molecule has 32 heavy (non-hydrogen) atoms. The molecule has 160 valence electrons. The van der Waals surface area contributed by atoms with Crippen LogP contribution in [0, 0.1) is 18.3 Å². The standard InChI is InChI=1S/C24H15F3N2O2S/c1-14-5-7-15(8-6-14)19-13-32-23(29-19)18(12-28)22(30)21-10-9-20(31-21)16-3-2-4-17(11-16)24(25,26)27/h2-11,13,30H,1H3. The Bertz CT molecular complexity index is 1340. The smallest absolute Gasteiger partial charge is 0.416 e. The second-order valence-corrected chi connectivity index (χ2v) is 7.84. The van der Waals surface area contributed by atoms with Gasteiger partial charge in [0, 0.05) is 16.5 Å². The van der Waals surface area contributed by atoms with Crippen molar-refractivity contribution in [3.63, 3.8) is 0 Å². The van der Waals surface area contributed by atoms with E-state index < -0.39 is 17.5 Å². The molecule has 1 N–H and O–H groups in total. The molecular formula is C24H15F3N2O2S. The molecule has 0 amide bonds. The van der Waals surface area contributed by atoms with Gasteiger partial charge in [-0.25, -0.2) is 4.98 Å². The number of aromatic nitrogens is 1. The van der Waals surface area contributed by atoms with Crippen LogP contribution in [0.4, 0.5) is 13.2 Å². The summed E-state index contributed by atoms with van der Waals surface area (Å²) in [5, 5.41) is 22.3. The van der Waals surface area contributed by atoms with Crippen LogP contribution in [-0.2, 0) is 6.18 Å². The molecule has 8 heteroatoms. The normalized spacial score (nSPS) is 12.3. The van der Waals surface area contributed by atoms with Crippen molar-refractivity contribution in [1.82, 2.24) is 4.98 Å². The number of aryl methyl sites for hydroxylation is 1. The molecule has 0 fully saturated rings. The lowest BCUT2D eigenvalue weighted by Crippen LogP contribution is -2.04. The van der Waals surface area contributed by atoms with Crippen molar-refractivity contribution >= 4 is 22.7 Å². The summed E-state index contributed by atoms with van der Waals surface area (Å²) in [6.45, 7) is 1.97. The van der Waals surface area contributed by atoms with Crippen LogP contribution in [-0.4, -0.2) is 10.1 Å². The minimum absolute atomic E-state index is 0.0407. The zero-order valence-corrected chi connectivity index (χ0v) is 17.5. The quantitative estimate of drug-likeness (QED) is 0.260. The molecule has 0 aliphatic carbocycles. The third kappa shape index (κ3) is 4.29. The van der Waals surface area contributed by atoms with Gasteiger partial charge in [0.15, 0.2) is 11.5 Å². The SMILES string of the molecule is Cc1ccc(-c2csc(C(C#N)=C(O)c3ccc(-c4cccc(C(F)(F)F)c4)o3)n2)cc1. The van der Waals surface area contributed by atoms with Gasteiger partial charge in [0.2, 0.25) is 0 Å². The van der Waals surface area contributed by atoms with Crippen LogP contribution in [0.15, 0.2) is 70.5 Å². The van der Waals surface area contributed by atoms with E-state index >= 15 is 0 Å². The van der Waals surface area contributed by atoms with E-state index in [9.17, 15) is 23.5 Å². The maximum absolute atomic E-state index is 13.0. The van der Waals surface area contributed by atoms with Gasteiger partial charge in [-0.15, -0.1) is 11.3 Å². The van der Waals surface area contributed by atoms with Crippen LogP contribution in [0.5, 0.6) is 0 Å². The summed E-state index contributed by atoms with van der Waals surface area (Å²) < 4.78 is 44.5. The number of rotatable bonds is 4. The number of allylic oxidation sites excluding steroid dienone is 1. The van der Waals surface area contributed by atoms with E-state index in [4.69, 9.17) is 4.42 Å². The van der Waals surface area contributed by atoms with Crippen molar-refractivity contribution in [1.29, 1.82) is 5.26 Å². The Hall–Kier alpha value is -3.83. The lowest BCUT2D eigenvalue weighted by Gasteiger charge is -2.07. The summed E-state index contributed by atoms with van der Waals surface area (Å²) in [6, 6.07) is 17.2. The molecule has 2 heterocycles. The number of benzene rings is 2. The molecule has 2 aromatic carbocycles. The van der Waals surface area contributed by atoms with Crippen LogP contribution >= 0.6 is 11.3 Å². The van der Waals surface area contributed by atoms with Gasteiger partial charge >= 0.3 is 6.18 Å². The van der Waals surface area contributed by atoms with E-state index in [1.165, 1.54) is 35.6 Å². The average Bonchev–Trinajstić information content (AvgIpc) is 3.45. The van der Waals surface area contributed by atoms with Crippen molar-refractivity contribution in [2.24, 2.45) is 0 Å². The topological polar surface area (TPSA) is 70.0 Å². The molecule has 4 aromatic rings. The number of furan rings is 1. The van der Waals surface area contributed by atoms with Crippen molar-refractivity contribution in [3.05, 3.63) is 87.9 Å². The molecular weight excluding hydrogens is 437 g/mol. The van der Waals surface area contributed by atoms with E-state index in [0.29, 0.717) is 10.7 Å². The molecule has 0 aliphatic rings. The second kappa shape index (κ2) is 8.36. The molecule has 0 radical (unpaired) electrons. The third-order valence-corrected chi connectivity index (χ3v) is 5.59. The minimum Gasteiger partial charge on any atom is -0.503 e. The average molecular weight is 452 g/mol. The number of halogens is 3. The number of aliphatic hydroxyl groups is 1. The minimum atomic E-state index is -4.48. The molecule has 0 saturated carbocycles. The fourth-order valence-corrected chi connectivity index (χ4v) is 3.86. The first-order chi connectivity index (χ1) is 15.3. The van der Waals surface area contributed by atoms with Gasteiger partial charge < -0.3 is 9.52 Å². The largest absolute Gasteiger partial charge is 0.503 e. The predicted molar refractivity (Wildman–Crippen MR) is 116 cm³/mol. The Balaban J connectivity index is 1.67. The van der Waals surface area contributed by atoms with Gasteiger partial charge in [-0.2, -0.15) is 18.4 Å². The Kier molecular flexibility index (Phi) is 5.59. The van der Waals surface area contributed by atoms with Crippen LogP contribution in [0.1, 0.15) is 21.9 Å². The van der Waals surface area contributed by atoms with Crippen LogP contribution in [0.2, 0.25) is 0 Å². The maximum atomic E-state index is 13.0. The number of nitriles is 1. The Labute approximate surface area is 185 Å². The number of hydrogen-bond acceptors (Lipinski definition) is 5. The highest BCUT2D eigenvalue weighted by Gasteiger charge is 2.30. The molecule has 0 bridgehead atoms. The number of alkyl halides is 3. The first kappa shape index (κ1) is 21.4. The number of hydrogen-bond donors (Lipinski definition) is 1. The predicted octanol–water partition coefficient (Wildman–Crippen LogP) is 7.35. The molecule has 2 aromatic heterocycles. The van der Waals surface area contributed by atoms with Crippen molar-refractivity contribution in [2.45, 2.75) is 13.1 Å². The summed E-state index contributed by atoms with van der Waals surface area (Å²) in [4.78, 5) is 4.44. The van der Waals surface area contributed by atoms with E-state index in [2.05, 4.69) is 4.98 Å². The molecule has 4 nitrogen and oxygen atoms in total. The summed E-state index contributed by atoms with van der Waals surface area (Å²) in [5.74, 6) is -0.342. The fourth-order valence-electron chi connectivity index (χ4n) is 3.04. The van der Waals surface area contributed by atoms with Crippen LogP contribution in [0.3, 0.4) is 0 Å². The lowest BCUT2D eigenvalue weighted by molar-refractivity contribution is -0.137. The Morgan fingerprint density at radius 1 is 1.06 bits per heavy atom. The van der Waals surface area contributed by atoms with Crippen molar-refractivity contribution in [3.8, 4) is 28.7 Å². The van der Waals surface area contributed by atoms with Crippen molar-refractivity contribution < 1.29 is 22.7 Å². The van der Waals surface area contributed by atoms with Crippen molar-refractivity contribution in [2.75, 3.05) is 0 Å². The van der Waals surface area contributed by atoms with Gasteiger partial charge in [0.25, 0.3) is 0 Å².